The molecule has 1 saturated heterocycles. The van der Waals surface area contributed by atoms with E-state index in [0.717, 1.165) is 27.0 Å². The maximum Gasteiger partial charge on any atom is 0.280 e. The van der Waals surface area contributed by atoms with Crippen LogP contribution in [-0.2, 0) is 14.8 Å². The molecule has 4 aromatic rings. The van der Waals surface area contributed by atoms with E-state index in [-0.39, 0.29) is 28.9 Å². The largest absolute Gasteiger partial charge is 0.377 e. The summed E-state index contributed by atoms with van der Waals surface area (Å²) in [6.45, 7) is 0.907. The number of fused-ring (bicyclic) bond motifs is 1. The number of nitrogens with zero attached hydrogens (tertiary/aromatic N) is 4. The van der Waals surface area contributed by atoms with Gasteiger partial charge in [0.15, 0.2) is 0 Å². The van der Waals surface area contributed by atoms with Crippen molar-refractivity contribution in [3.63, 3.8) is 0 Å². The molecule has 1 atom stereocenters. The first-order valence-corrected chi connectivity index (χ1v) is 15.1. The van der Waals surface area contributed by atoms with E-state index in [1.807, 2.05) is 18.2 Å². The molecular formula is C27H24BrFN4O4S2. The predicted octanol–water partition coefficient (Wildman–Crippen LogP) is 5.68. The van der Waals surface area contributed by atoms with E-state index in [4.69, 9.17) is 4.74 Å². The average molecular weight is 632 g/mol. The molecule has 1 fully saturated rings. The number of carbonyl (C=O) groups excluding carboxylic acids is 1. The lowest BCUT2D eigenvalue weighted by Crippen LogP contribution is -2.34. The molecule has 0 radical (unpaired) electrons. The minimum Gasteiger partial charge on any atom is -0.377 e. The van der Waals surface area contributed by atoms with Crippen molar-refractivity contribution in [3.8, 4) is 0 Å². The zero-order valence-corrected chi connectivity index (χ0v) is 24.0. The molecule has 202 valence electrons. The maximum absolute atomic E-state index is 13.6. The fourth-order valence-corrected chi connectivity index (χ4v) is 6.76. The van der Waals surface area contributed by atoms with Gasteiger partial charge in [0.1, 0.15) is 5.82 Å². The molecule has 39 heavy (non-hydrogen) atoms. The van der Waals surface area contributed by atoms with Gasteiger partial charge >= 0.3 is 0 Å². The highest BCUT2D eigenvalue weighted by atomic mass is 79.9. The molecule has 1 unspecified atom stereocenters. The second-order valence-electron chi connectivity index (χ2n) is 8.97. The van der Waals surface area contributed by atoms with Crippen LogP contribution in [0.4, 0.5) is 9.52 Å². The van der Waals surface area contributed by atoms with Crippen LogP contribution in [0.5, 0.6) is 0 Å². The first-order valence-electron chi connectivity index (χ1n) is 12.1. The topological polar surface area (TPSA) is 92.2 Å². The number of carbonyl (C=O) groups is 1. The van der Waals surface area contributed by atoms with Crippen LogP contribution in [0.3, 0.4) is 0 Å². The fourth-order valence-electron chi connectivity index (χ4n) is 4.08. The van der Waals surface area contributed by atoms with Crippen LogP contribution >= 0.6 is 27.3 Å². The first-order chi connectivity index (χ1) is 18.7. The molecule has 0 N–H and O–H groups in total. The van der Waals surface area contributed by atoms with Gasteiger partial charge in [0.2, 0.25) is 15.2 Å². The number of benzene rings is 3. The van der Waals surface area contributed by atoms with Gasteiger partial charge in [-0.25, -0.2) is 17.8 Å². The standard InChI is InChI=1S/C27H24BrFN4O4S2/c1-32(17-22-3-2-14-37-22)39(35,36)23-11-6-19(7-12-23)26(34)33(30-16-18-4-9-21(29)10-5-18)27-31-24-13-8-20(28)15-25(24)38-27/h4-13,15-16,22H,2-3,14,17H2,1H3/b30-16+. The second-order valence-corrected chi connectivity index (χ2v) is 12.9. The summed E-state index contributed by atoms with van der Waals surface area (Å²) in [5.41, 5.74) is 1.52. The molecule has 0 saturated carbocycles. The Morgan fingerprint density at radius 3 is 2.62 bits per heavy atom. The summed E-state index contributed by atoms with van der Waals surface area (Å²) in [6, 6.07) is 17.0. The SMILES string of the molecule is CN(CC1CCCO1)S(=O)(=O)c1ccc(C(=O)N(/N=C/c2ccc(F)cc2)c2nc3ccc(Br)cc3s2)cc1. The Kier molecular flexibility index (Phi) is 8.19. The van der Waals surface area contributed by atoms with Crippen molar-refractivity contribution in [2.75, 3.05) is 25.2 Å². The Morgan fingerprint density at radius 1 is 1.18 bits per heavy atom. The van der Waals surface area contributed by atoms with Gasteiger partial charge in [-0.05, 0) is 73.0 Å². The van der Waals surface area contributed by atoms with Crippen LogP contribution in [0.15, 0.2) is 81.2 Å². The van der Waals surface area contributed by atoms with Gasteiger partial charge in [-0.2, -0.15) is 14.4 Å². The Balaban J connectivity index is 1.43. The van der Waals surface area contributed by atoms with Gasteiger partial charge in [0, 0.05) is 30.2 Å². The number of likely N-dealkylation sites (N-methyl/N-ethyl adjacent to an activating group) is 1. The summed E-state index contributed by atoms with van der Waals surface area (Å²) >= 11 is 4.73. The molecular weight excluding hydrogens is 607 g/mol. The third-order valence-corrected chi connectivity index (χ3v) is 9.52. The summed E-state index contributed by atoms with van der Waals surface area (Å²) in [7, 11) is -2.24. The van der Waals surface area contributed by atoms with Crippen LogP contribution in [-0.4, -0.2) is 56.1 Å². The molecule has 1 aliphatic rings. The Labute approximate surface area is 237 Å². The minimum atomic E-state index is -3.76. The molecule has 2 heterocycles. The number of ether oxygens (including phenoxy) is 1. The lowest BCUT2D eigenvalue weighted by atomic mass is 10.2. The maximum atomic E-state index is 13.6. The molecule has 1 aromatic heterocycles. The number of amides is 1. The van der Waals surface area contributed by atoms with Crippen molar-refractivity contribution in [1.29, 1.82) is 0 Å². The molecule has 1 aliphatic heterocycles. The minimum absolute atomic E-state index is 0.0748. The Morgan fingerprint density at radius 2 is 1.92 bits per heavy atom. The van der Waals surface area contributed by atoms with Gasteiger partial charge in [-0.3, -0.25) is 4.79 Å². The van der Waals surface area contributed by atoms with E-state index in [1.165, 1.54) is 65.3 Å². The van der Waals surface area contributed by atoms with Crippen LogP contribution in [0.2, 0.25) is 0 Å². The molecule has 1 amide bonds. The number of hydrazone groups is 1. The number of hydrogen-bond acceptors (Lipinski definition) is 7. The summed E-state index contributed by atoms with van der Waals surface area (Å²) in [6.07, 6.45) is 3.07. The van der Waals surface area contributed by atoms with E-state index in [9.17, 15) is 17.6 Å². The first kappa shape index (κ1) is 27.5. The van der Waals surface area contributed by atoms with Gasteiger partial charge in [-0.1, -0.05) is 39.4 Å². The van der Waals surface area contributed by atoms with Gasteiger partial charge in [-0.15, -0.1) is 0 Å². The number of aromatic nitrogens is 1. The lowest BCUT2D eigenvalue weighted by molar-refractivity contribution is 0.0978. The van der Waals surface area contributed by atoms with Gasteiger partial charge < -0.3 is 4.74 Å². The van der Waals surface area contributed by atoms with Crippen molar-refractivity contribution < 1.29 is 22.3 Å². The van der Waals surface area contributed by atoms with E-state index in [1.54, 1.807) is 12.1 Å². The smallest absolute Gasteiger partial charge is 0.280 e. The van der Waals surface area contributed by atoms with E-state index >= 15 is 0 Å². The highest BCUT2D eigenvalue weighted by molar-refractivity contribution is 9.10. The van der Waals surface area contributed by atoms with Crippen molar-refractivity contribution in [2.24, 2.45) is 5.10 Å². The molecule has 5 rings (SSSR count). The van der Waals surface area contributed by atoms with E-state index in [2.05, 4.69) is 26.0 Å². The van der Waals surface area contributed by atoms with Crippen molar-refractivity contribution in [2.45, 2.75) is 23.8 Å². The summed E-state index contributed by atoms with van der Waals surface area (Å²) in [4.78, 5) is 18.3. The summed E-state index contributed by atoms with van der Waals surface area (Å²) in [5.74, 6) is -0.878. The molecule has 8 nitrogen and oxygen atoms in total. The highest BCUT2D eigenvalue weighted by Gasteiger charge is 2.27. The molecule has 3 aromatic carbocycles. The number of rotatable bonds is 8. The van der Waals surface area contributed by atoms with E-state index < -0.39 is 15.9 Å². The predicted molar refractivity (Wildman–Crippen MR) is 153 cm³/mol. The molecule has 0 spiro atoms. The second kappa shape index (κ2) is 11.6. The van der Waals surface area contributed by atoms with Crippen LogP contribution in [0, 0.1) is 5.82 Å². The Hall–Kier alpha value is -3.03. The third-order valence-electron chi connectivity index (χ3n) is 6.20. The number of thiazole rings is 1. The Bertz CT molecular complexity index is 1620. The van der Waals surface area contributed by atoms with Gasteiger partial charge in [0.05, 0.1) is 27.4 Å². The van der Waals surface area contributed by atoms with Crippen molar-refractivity contribution >= 4 is 64.8 Å². The van der Waals surface area contributed by atoms with Crippen molar-refractivity contribution in [3.05, 3.63) is 88.1 Å². The van der Waals surface area contributed by atoms with Gasteiger partial charge in [0.25, 0.3) is 5.91 Å². The zero-order chi connectivity index (χ0) is 27.6. The lowest BCUT2D eigenvalue weighted by Gasteiger charge is -2.20. The third kappa shape index (κ3) is 6.25. The van der Waals surface area contributed by atoms with Crippen LogP contribution in [0.25, 0.3) is 10.2 Å². The van der Waals surface area contributed by atoms with Crippen molar-refractivity contribution in [1.82, 2.24) is 9.29 Å². The monoisotopic (exact) mass is 630 g/mol. The normalized spacial score (nSPS) is 15.9. The zero-order valence-electron chi connectivity index (χ0n) is 20.8. The molecule has 0 bridgehead atoms. The van der Waals surface area contributed by atoms with E-state index in [0.29, 0.717) is 22.8 Å². The fraction of sp³-hybridized carbons (Fsp3) is 0.222. The van der Waals surface area contributed by atoms with Crippen LogP contribution in [0.1, 0.15) is 28.8 Å². The number of hydrogen-bond donors (Lipinski definition) is 0. The highest BCUT2D eigenvalue weighted by Crippen LogP contribution is 2.32. The molecule has 0 aliphatic carbocycles. The summed E-state index contributed by atoms with van der Waals surface area (Å²) in [5, 5.41) is 5.87. The number of anilines is 1. The average Bonchev–Trinajstić information content (AvgIpc) is 3.59. The number of sulfonamides is 1. The van der Waals surface area contributed by atoms with Crippen LogP contribution < -0.4 is 5.01 Å². The summed E-state index contributed by atoms with van der Waals surface area (Å²) < 4.78 is 48.1. The number of halogens is 2. The molecule has 12 heteroatoms. The quantitative estimate of drug-likeness (QED) is 0.185.